The summed E-state index contributed by atoms with van der Waals surface area (Å²) in [6.07, 6.45) is 6.19. The number of ether oxygens (including phenoxy) is 2. The molecule has 36 heavy (non-hydrogen) atoms. The van der Waals surface area contributed by atoms with Gasteiger partial charge in [-0.1, -0.05) is 29.5 Å². The van der Waals surface area contributed by atoms with Gasteiger partial charge < -0.3 is 14.8 Å². The van der Waals surface area contributed by atoms with E-state index >= 15 is 0 Å². The average molecular weight is 522 g/mol. The fraction of sp³-hybridized carbons (Fsp3) is 0.370. The Kier molecular flexibility index (Phi) is 7.75. The van der Waals surface area contributed by atoms with E-state index in [1.165, 1.54) is 11.3 Å². The average Bonchev–Trinajstić information content (AvgIpc) is 3.68. The normalized spacial score (nSPS) is 17.6. The Morgan fingerprint density at radius 2 is 1.97 bits per heavy atom. The Balaban J connectivity index is 1.30. The van der Waals surface area contributed by atoms with Gasteiger partial charge in [0, 0.05) is 23.4 Å². The van der Waals surface area contributed by atoms with E-state index in [9.17, 15) is 9.00 Å². The Hall–Kier alpha value is -3.06. The second kappa shape index (κ2) is 11.3. The molecule has 1 saturated carbocycles. The second-order valence-corrected chi connectivity index (χ2v) is 11.9. The van der Waals surface area contributed by atoms with Crippen molar-refractivity contribution < 1.29 is 18.5 Å². The summed E-state index contributed by atoms with van der Waals surface area (Å²) in [5, 5.41) is 13.3. The SMILES string of the molecule is N#Cc1cccc(Oc2cnc(NC(=O)[C@H](CC3CCOCC3)c3ccc(S(=O)C4CC4)cc3)s2)c1. The van der Waals surface area contributed by atoms with Gasteiger partial charge in [-0.3, -0.25) is 9.00 Å². The smallest absolute Gasteiger partial charge is 0.233 e. The van der Waals surface area contributed by atoms with E-state index in [2.05, 4.69) is 16.4 Å². The van der Waals surface area contributed by atoms with Crippen molar-refractivity contribution in [3.63, 3.8) is 0 Å². The van der Waals surface area contributed by atoms with Crippen LogP contribution >= 0.6 is 11.3 Å². The summed E-state index contributed by atoms with van der Waals surface area (Å²) in [6.45, 7) is 1.44. The molecule has 2 aliphatic rings. The number of nitrogens with zero attached hydrogens (tertiary/aromatic N) is 2. The van der Waals surface area contributed by atoms with Crippen molar-refractivity contribution in [3.8, 4) is 16.9 Å². The molecular weight excluding hydrogens is 494 g/mol. The van der Waals surface area contributed by atoms with Crippen LogP contribution in [0.25, 0.3) is 0 Å². The van der Waals surface area contributed by atoms with E-state index in [4.69, 9.17) is 14.7 Å². The first kappa shape index (κ1) is 24.6. The monoisotopic (exact) mass is 521 g/mol. The van der Waals surface area contributed by atoms with Crippen LogP contribution in [0.5, 0.6) is 10.8 Å². The summed E-state index contributed by atoms with van der Waals surface area (Å²) in [7, 11) is -0.968. The molecule has 1 aliphatic carbocycles. The zero-order valence-corrected chi connectivity index (χ0v) is 21.4. The summed E-state index contributed by atoms with van der Waals surface area (Å²) in [6, 6.07) is 16.7. The van der Waals surface area contributed by atoms with Crippen molar-refractivity contribution in [1.82, 2.24) is 4.98 Å². The Morgan fingerprint density at radius 1 is 1.19 bits per heavy atom. The lowest BCUT2D eigenvalue weighted by atomic mass is 9.84. The third-order valence-corrected chi connectivity index (χ3v) is 9.07. The standard InChI is InChI=1S/C27H27N3O4S2/c28-16-19-2-1-3-21(14-19)34-25-17-29-27(35-25)30-26(31)24(15-18-10-12-33-13-11-18)20-4-6-22(7-5-20)36(32)23-8-9-23/h1-7,14,17-18,23-24H,8-13,15H2,(H,29,30,31)/t24-,36?/m1/s1. The quantitative estimate of drug-likeness (QED) is 0.392. The molecule has 1 saturated heterocycles. The first-order valence-electron chi connectivity index (χ1n) is 12.1. The first-order valence-corrected chi connectivity index (χ1v) is 14.1. The van der Waals surface area contributed by atoms with Crippen molar-refractivity contribution in [2.24, 2.45) is 5.92 Å². The number of rotatable bonds is 9. The number of benzene rings is 2. The van der Waals surface area contributed by atoms with Crippen LogP contribution in [-0.2, 0) is 20.3 Å². The van der Waals surface area contributed by atoms with Crippen LogP contribution < -0.4 is 10.1 Å². The van der Waals surface area contributed by atoms with E-state index in [-0.39, 0.29) is 17.1 Å². The van der Waals surface area contributed by atoms with Crippen LogP contribution in [0.1, 0.15) is 49.1 Å². The van der Waals surface area contributed by atoms with Gasteiger partial charge in [-0.2, -0.15) is 5.26 Å². The third-order valence-electron chi connectivity index (χ3n) is 6.46. The summed E-state index contributed by atoms with van der Waals surface area (Å²) in [4.78, 5) is 18.6. The number of amides is 1. The molecule has 0 radical (unpaired) electrons. The maximum atomic E-state index is 13.5. The fourth-order valence-electron chi connectivity index (χ4n) is 4.32. The van der Waals surface area contributed by atoms with Crippen molar-refractivity contribution >= 4 is 33.2 Å². The highest BCUT2D eigenvalue weighted by Gasteiger charge is 2.30. The van der Waals surface area contributed by atoms with Crippen LogP contribution in [0.4, 0.5) is 5.13 Å². The lowest BCUT2D eigenvalue weighted by Crippen LogP contribution is -2.26. The summed E-state index contributed by atoms with van der Waals surface area (Å²) >= 11 is 1.24. The van der Waals surface area contributed by atoms with Gasteiger partial charge in [-0.05, 0) is 73.9 Å². The molecule has 2 heterocycles. The number of anilines is 1. The zero-order valence-electron chi connectivity index (χ0n) is 19.7. The lowest BCUT2D eigenvalue weighted by molar-refractivity contribution is -0.118. The number of aromatic nitrogens is 1. The molecule has 0 spiro atoms. The summed E-state index contributed by atoms with van der Waals surface area (Å²) in [5.41, 5.74) is 1.42. The Bertz CT molecular complexity index is 1270. The van der Waals surface area contributed by atoms with Crippen molar-refractivity contribution in [1.29, 1.82) is 5.26 Å². The van der Waals surface area contributed by atoms with Crippen molar-refractivity contribution in [3.05, 3.63) is 65.9 Å². The maximum Gasteiger partial charge on any atom is 0.233 e. The first-order chi connectivity index (χ1) is 17.6. The minimum Gasteiger partial charge on any atom is -0.445 e. The lowest BCUT2D eigenvalue weighted by Gasteiger charge is -2.26. The Labute approximate surface area is 216 Å². The number of carbonyl (C=O) groups is 1. The molecule has 2 atom stereocenters. The summed E-state index contributed by atoms with van der Waals surface area (Å²) in [5.74, 6) is 0.469. The number of hydrogen-bond donors (Lipinski definition) is 1. The molecule has 7 nitrogen and oxygen atoms in total. The van der Waals surface area contributed by atoms with Crippen LogP contribution in [0.15, 0.2) is 59.6 Å². The number of nitriles is 1. The third kappa shape index (κ3) is 6.19. The van der Waals surface area contributed by atoms with Crippen LogP contribution in [0, 0.1) is 17.2 Å². The van der Waals surface area contributed by atoms with Crippen LogP contribution in [0.2, 0.25) is 0 Å². The molecule has 1 aliphatic heterocycles. The van der Waals surface area contributed by atoms with Gasteiger partial charge in [0.1, 0.15) is 5.75 Å². The molecule has 1 amide bonds. The minimum atomic E-state index is -0.968. The molecule has 1 N–H and O–H groups in total. The number of carbonyl (C=O) groups excluding carboxylic acids is 1. The number of hydrogen-bond acceptors (Lipinski definition) is 7. The predicted octanol–water partition coefficient (Wildman–Crippen LogP) is 5.62. The molecule has 9 heteroatoms. The second-order valence-electron chi connectivity index (χ2n) is 9.13. The van der Waals surface area contributed by atoms with Gasteiger partial charge in [0.2, 0.25) is 11.0 Å². The van der Waals surface area contributed by atoms with Crippen molar-refractivity contribution in [2.45, 2.75) is 48.2 Å². The summed E-state index contributed by atoms with van der Waals surface area (Å²) < 4.78 is 23.9. The fourth-order valence-corrected chi connectivity index (χ4v) is 6.37. The molecule has 2 aromatic carbocycles. The molecule has 1 aromatic heterocycles. The molecule has 3 aromatic rings. The molecule has 2 fully saturated rings. The van der Waals surface area contributed by atoms with Gasteiger partial charge in [0.25, 0.3) is 0 Å². The van der Waals surface area contributed by atoms with Gasteiger partial charge in [0.05, 0.1) is 34.5 Å². The van der Waals surface area contributed by atoms with E-state index < -0.39 is 10.8 Å². The van der Waals surface area contributed by atoms with Crippen LogP contribution in [0.3, 0.4) is 0 Å². The van der Waals surface area contributed by atoms with E-state index in [1.54, 1.807) is 30.5 Å². The van der Waals surface area contributed by atoms with Gasteiger partial charge in [0.15, 0.2) is 5.13 Å². The van der Waals surface area contributed by atoms with Crippen molar-refractivity contribution in [2.75, 3.05) is 18.5 Å². The molecule has 1 unspecified atom stereocenters. The zero-order chi connectivity index (χ0) is 24.9. The number of nitrogens with one attached hydrogen (secondary N) is 1. The van der Waals surface area contributed by atoms with E-state index in [0.29, 0.717) is 27.4 Å². The minimum absolute atomic E-state index is 0.120. The highest BCUT2D eigenvalue weighted by atomic mass is 32.2. The van der Waals surface area contributed by atoms with Gasteiger partial charge in [-0.25, -0.2) is 4.98 Å². The van der Waals surface area contributed by atoms with Gasteiger partial charge >= 0.3 is 0 Å². The molecule has 186 valence electrons. The molecular formula is C27H27N3O4S2. The molecule has 5 rings (SSSR count). The van der Waals surface area contributed by atoms with Crippen LogP contribution in [-0.4, -0.2) is 33.6 Å². The largest absolute Gasteiger partial charge is 0.445 e. The maximum absolute atomic E-state index is 13.5. The highest BCUT2D eigenvalue weighted by Crippen LogP contribution is 2.35. The topological polar surface area (TPSA) is 101 Å². The highest BCUT2D eigenvalue weighted by molar-refractivity contribution is 7.86. The van der Waals surface area contributed by atoms with E-state index in [1.807, 2.05) is 24.3 Å². The van der Waals surface area contributed by atoms with E-state index in [0.717, 1.165) is 55.8 Å². The predicted molar refractivity (Wildman–Crippen MR) is 139 cm³/mol. The molecule has 0 bridgehead atoms. The van der Waals surface area contributed by atoms with Gasteiger partial charge in [-0.15, -0.1) is 0 Å². The Morgan fingerprint density at radius 3 is 2.69 bits per heavy atom. The number of thiazole rings is 1.